The van der Waals surface area contributed by atoms with Crippen LogP contribution in [-0.2, 0) is 0 Å². The van der Waals surface area contributed by atoms with Gasteiger partial charge in [0.1, 0.15) is 0 Å². The number of nitrogens with one attached hydrogen (secondary N) is 1. The van der Waals surface area contributed by atoms with Crippen molar-refractivity contribution in [2.45, 2.75) is 0 Å². The Labute approximate surface area is 48.5 Å². The molecule has 1 N–H and O–H groups in total. The Bertz CT molecular complexity index is 158. The van der Waals surface area contributed by atoms with E-state index in [4.69, 9.17) is 0 Å². The summed E-state index contributed by atoms with van der Waals surface area (Å²) < 4.78 is 0. The van der Waals surface area contributed by atoms with Crippen molar-refractivity contribution in [3.63, 3.8) is 0 Å². The second-order valence-electron chi connectivity index (χ2n) is 2.06. The van der Waals surface area contributed by atoms with Crippen LogP contribution in [0.4, 0.5) is 0 Å². The van der Waals surface area contributed by atoms with Gasteiger partial charge in [-0.15, -0.1) is 0 Å². The molecule has 8 heavy (non-hydrogen) atoms. The average Bonchev–Trinajstić information content (AvgIpc) is 2.15. The molecule has 0 saturated carbocycles. The number of hydrogen-bond acceptors (Lipinski definition) is 2. The monoisotopic (exact) mass is 108 g/mol. The molecule has 2 heteroatoms. The van der Waals surface area contributed by atoms with Crippen molar-refractivity contribution in [1.29, 1.82) is 0 Å². The van der Waals surface area contributed by atoms with Gasteiger partial charge in [-0.1, -0.05) is 6.08 Å². The van der Waals surface area contributed by atoms with Crippen LogP contribution in [0.2, 0.25) is 0 Å². The van der Waals surface area contributed by atoms with Crippen LogP contribution in [0.3, 0.4) is 0 Å². The predicted molar refractivity (Wildman–Crippen MR) is 31.9 cm³/mol. The lowest BCUT2D eigenvalue weighted by molar-refractivity contribution is 0.427. The fraction of sp³-hybridized carbons (Fsp3) is 0.333. The molecule has 0 aromatic rings. The normalized spacial score (nSPS) is 23.0. The van der Waals surface area contributed by atoms with Crippen LogP contribution in [0.25, 0.3) is 0 Å². The molecule has 2 nitrogen and oxygen atoms in total. The lowest BCUT2D eigenvalue weighted by atomic mass is 10.5. The van der Waals surface area contributed by atoms with E-state index in [0.717, 1.165) is 13.2 Å². The first kappa shape index (κ1) is 4.01. The topological polar surface area (TPSA) is 15.3 Å². The van der Waals surface area contributed by atoms with E-state index < -0.39 is 0 Å². The quantitative estimate of drug-likeness (QED) is 0.479. The molecule has 2 aliphatic rings. The molecule has 2 rings (SSSR count). The molecule has 0 bridgehead atoms. The molecule has 0 radical (unpaired) electrons. The van der Waals surface area contributed by atoms with Crippen molar-refractivity contribution >= 4 is 0 Å². The van der Waals surface area contributed by atoms with Crippen LogP contribution in [0.15, 0.2) is 24.0 Å². The van der Waals surface area contributed by atoms with Gasteiger partial charge in [0, 0.05) is 12.7 Å². The molecular weight excluding hydrogens is 100 g/mol. The Hall–Kier alpha value is -0.920. The lowest BCUT2D eigenvalue weighted by Crippen LogP contribution is -2.20. The molecule has 0 amide bonds. The van der Waals surface area contributed by atoms with Crippen molar-refractivity contribution in [3.8, 4) is 0 Å². The SMILES string of the molecule is C1=CC2=CNCN2C1. The molecule has 0 spiro atoms. The first-order valence-corrected chi connectivity index (χ1v) is 2.82. The van der Waals surface area contributed by atoms with Gasteiger partial charge >= 0.3 is 0 Å². The maximum absolute atomic E-state index is 3.14. The minimum Gasteiger partial charge on any atom is -0.372 e. The largest absolute Gasteiger partial charge is 0.372 e. The van der Waals surface area contributed by atoms with Gasteiger partial charge in [-0.2, -0.15) is 0 Å². The molecular formula is C6H8N2. The van der Waals surface area contributed by atoms with E-state index in [2.05, 4.69) is 22.4 Å². The Kier molecular flexibility index (Phi) is 0.640. The number of nitrogens with zero attached hydrogens (tertiary/aromatic N) is 1. The molecule has 0 atom stereocenters. The van der Waals surface area contributed by atoms with Gasteiger partial charge in [0.2, 0.25) is 0 Å². The van der Waals surface area contributed by atoms with Gasteiger partial charge in [-0.25, -0.2) is 0 Å². The highest BCUT2D eigenvalue weighted by Crippen LogP contribution is 2.14. The predicted octanol–water partition coefficient (Wildman–Crippen LogP) is 0.260. The third-order valence-corrected chi connectivity index (χ3v) is 1.51. The van der Waals surface area contributed by atoms with Gasteiger partial charge < -0.3 is 10.2 Å². The van der Waals surface area contributed by atoms with Crippen molar-refractivity contribution in [2.75, 3.05) is 13.2 Å². The van der Waals surface area contributed by atoms with Crippen molar-refractivity contribution < 1.29 is 0 Å². The zero-order chi connectivity index (χ0) is 5.40. The van der Waals surface area contributed by atoms with Crippen LogP contribution >= 0.6 is 0 Å². The highest BCUT2D eigenvalue weighted by Gasteiger charge is 2.13. The molecule has 0 aliphatic carbocycles. The molecule has 0 aromatic heterocycles. The van der Waals surface area contributed by atoms with Gasteiger partial charge in [0.05, 0.1) is 12.4 Å². The van der Waals surface area contributed by atoms with Gasteiger partial charge in [-0.05, 0) is 6.08 Å². The Balaban J connectivity index is 2.31. The third-order valence-electron chi connectivity index (χ3n) is 1.51. The zero-order valence-electron chi connectivity index (χ0n) is 4.59. The number of rotatable bonds is 0. The van der Waals surface area contributed by atoms with Gasteiger partial charge in [-0.3, -0.25) is 0 Å². The summed E-state index contributed by atoms with van der Waals surface area (Å²) in [5, 5.41) is 3.14. The van der Waals surface area contributed by atoms with E-state index in [0.29, 0.717) is 0 Å². The average molecular weight is 108 g/mol. The van der Waals surface area contributed by atoms with E-state index in [1.54, 1.807) is 0 Å². The number of allylic oxidation sites excluding steroid dienone is 1. The summed E-state index contributed by atoms with van der Waals surface area (Å²) in [5.74, 6) is 0. The third kappa shape index (κ3) is 0.372. The summed E-state index contributed by atoms with van der Waals surface area (Å²) in [7, 11) is 0. The summed E-state index contributed by atoms with van der Waals surface area (Å²) in [5.41, 5.74) is 1.32. The highest BCUT2D eigenvalue weighted by molar-refractivity contribution is 5.25. The van der Waals surface area contributed by atoms with Crippen LogP contribution in [-0.4, -0.2) is 18.1 Å². The first-order chi connectivity index (χ1) is 3.97. The molecule has 2 heterocycles. The highest BCUT2D eigenvalue weighted by atomic mass is 15.3. The smallest absolute Gasteiger partial charge is 0.0876 e. The fourth-order valence-electron chi connectivity index (χ4n) is 1.07. The first-order valence-electron chi connectivity index (χ1n) is 2.82. The maximum Gasteiger partial charge on any atom is 0.0876 e. The summed E-state index contributed by atoms with van der Waals surface area (Å²) in [4.78, 5) is 2.28. The lowest BCUT2D eigenvalue weighted by Gasteiger charge is -2.10. The van der Waals surface area contributed by atoms with Crippen molar-refractivity contribution in [3.05, 3.63) is 24.0 Å². The maximum atomic E-state index is 3.14. The van der Waals surface area contributed by atoms with E-state index in [1.807, 2.05) is 6.20 Å². The van der Waals surface area contributed by atoms with E-state index in [1.165, 1.54) is 5.70 Å². The van der Waals surface area contributed by atoms with Crippen LogP contribution < -0.4 is 5.32 Å². The van der Waals surface area contributed by atoms with Crippen LogP contribution in [0.5, 0.6) is 0 Å². The Morgan fingerprint density at radius 2 is 2.62 bits per heavy atom. The summed E-state index contributed by atoms with van der Waals surface area (Å²) in [6.45, 7) is 2.07. The van der Waals surface area contributed by atoms with Crippen LogP contribution in [0.1, 0.15) is 0 Å². The zero-order valence-corrected chi connectivity index (χ0v) is 4.59. The Morgan fingerprint density at radius 3 is 3.50 bits per heavy atom. The van der Waals surface area contributed by atoms with Crippen LogP contribution in [0, 0.1) is 0 Å². The summed E-state index contributed by atoms with van der Waals surface area (Å²) in [6, 6.07) is 0. The minimum atomic E-state index is 0.988. The number of fused-ring (bicyclic) bond motifs is 1. The van der Waals surface area contributed by atoms with Crippen molar-refractivity contribution in [2.24, 2.45) is 0 Å². The second kappa shape index (κ2) is 1.28. The molecule has 0 aromatic carbocycles. The molecule has 42 valence electrons. The fourth-order valence-corrected chi connectivity index (χ4v) is 1.07. The van der Waals surface area contributed by atoms with E-state index in [9.17, 15) is 0 Å². The summed E-state index contributed by atoms with van der Waals surface area (Å²) in [6.07, 6.45) is 6.36. The molecule has 0 fully saturated rings. The van der Waals surface area contributed by atoms with E-state index in [-0.39, 0.29) is 0 Å². The van der Waals surface area contributed by atoms with Crippen molar-refractivity contribution in [1.82, 2.24) is 10.2 Å². The number of hydrogen-bond donors (Lipinski definition) is 1. The van der Waals surface area contributed by atoms with Gasteiger partial charge in [0.15, 0.2) is 0 Å². The Morgan fingerprint density at radius 1 is 1.62 bits per heavy atom. The molecule has 0 unspecified atom stereocenters. The molecule has 2 aliphatic heterocycles. The second-order valence-corrected chi connectivity index (χ2v) is 2.06. The standard InChI is InChI=1S/C6H8N2/c1-2-6-4-7-5-8(6)3-1/h1-2,4,7H,3,5H2. The van der Waals surface area contributed by atoms with Gasteiger partial charge in [0.25, 0.3) is 0 Å². The van der Waals surface area contributed by atoms with E-state index >= 15 is 0 Å². The molecule has 0 saturated heterocycles. The minimum absolute atomic E-state index is 0.988. The summed E-state index contributed by atoms with van der Waals surface area (Å²) >= 11 is 0.